The minimum absolute atomic E-state index is 0.0559. The van der Waals surface area contributed by atoms with Gasteiger partial charge in [-0.25, -0.2) is 8.42 Å². The lowest BCUT2D eigenvalue weighted by atomic mass is 10.1. The molecule has 0 amide bonds. The summed E-state index contributed by atoms with van der Waals surface area (Å²) >= 11 is 1.66. The molecule has 1 aromatic carbocycles. The summed E-state index contributed by atoms with van der Waals surface area (Å²) in [5.41, 5.74) is 1.18. The summed E-state index contributed by atoms with van der Waals surface area (Å²) < 4.78 is 33.3. The Balaban J connectivity index is 1.99. The van der Waals surface area contributed by atoms with Crippen molar-refractivity contribution < 1.29 is 13.2 Å². The number of hydrogen-bond acceptors (Lipinski definition) is 4. The van der Waals surface area contributed by atoms with Gasteiger partial charge in [0.1, 0.15) is 5.75 Å². The van der Waals surface area contributed by atoms with E-state index in [1.165, 1.54) is 10.4 Å². The lowest BCUT2D eigenvalue weighted by Crippen LogP contribution is -2.34. The lowest BCUT2D eigenvalue weighted by Gasteiger charge is -2.29. The fourth-order valence-electron chi connectivity index (χ4n) is 3.24. The molecule has 24 heavy (non-hydrogen) atoms. The molecule has 1 aliphatic heterocycles. The van der Waals surface area contributed by atoms with Gasteiger partial charge >= 0.3 is 0 Å². The summed E-state index contributed by atoms with van der Waals surface area (Å²) in [7, 11) is -1.94. The molecule has 0 saturated carbocycles. The molecule has 0 bridgehead atoms. The fourth-order valence-corrected chi connectivity index (χ4v) is 6.05. The molecule has 130 valence electrons. The van der Waals surface area contributed by atoms with Gasteiger partial charge in [-0.15, -0.1) is 11.3 Å². The number of hydrogen-bond donors (Lipinski definition) is 0. The normalized spacial score (nSPS) is 19.8. The zero-order chi connectivity index (χ0) is 17.2. The van der Waals surface area contributed by atoms with Gasteiger partial charge in [-0.05, 0) is 61.0 Å². The van der Waals surface area contributed by atoms with Gasteiger partial charge in [-0.1, -0.05) is 12.8 Å². The van der Waals surface area contributed by atoms with Gasteiger partial charge in [0.05, 0.1) is 18.0 Å². The van der Waals surface area contributed by atoms with E-state index in [4.69, 9.17) is 4.74 Å². The molecule has 6 heteroatoms. The number of aryl methyl sites for hydroxylation is 1. The van der Waals surface area contributed by atoms with Gasteiger partial charge in [-0.3, -0.25) is 0 Å². The van der Waals surface area contributed by atoms with Crippen LogP contribution < -0.4 is 4.74 Å². The van der Waals surface area contributed by atoms with E-state index < -0.39 is 10.0 Å². The third-order valence-electron chi connectivity index (χ3n) is 4.57. The van der Waals surface area contributed by atoms with E-state index in [0.29, 0.717) is 17.2 Å². The average Bonchev–Trinajstić information content (AvgIpc) is 2.86. The van der Waals surface area contributed by atoms with Crippen LogP contribution in [0, 0.1) is 6.92 Å². The molecule has 1 aliphatic rings. The van der Waals surface area contributed by atoms with Crippen LogP contribution in [0.25, 0.3) is 0 Å². The second-order valence-electron chi connectivity index (χ2n) is 6.12. The molecular formula is C18H23NO3S2. The van der Waals surface area contributed by atoms with Crippen molar-refractivity contribution in [3.8, 4) is 5.75 Å². The fraction of sp³-hybridized carbons (Fsp3) is 0.444. The highest BCUT2D eigenvalue weighted by molar-refractivity contribution is 7.89. The number of sulfonamides is 1. The van der Waals surface area contributed by atoms with E-state index in [1.807, 2.05) is 5.38 Å². The summed E-state index contributed by atoms with van der Waals surface area (Å²) in [5.74, 6) is 0.662. The minimum Gasteiger partial charge on any atom is -0.497 e. The van der Waals surface area contributed by atoms with Crippen LogP contribution in [0.4, 0.5) is 0 Å². The first-order valence-corrected chi connectivity index (χ1v) is 10.6. The van der Waals surface area contributed by atoms with E-state index >= 15 is 0 Å². The maximum absolute atomic E-state index is 13.2. The first kappa shape index (κ1) is 17.5. The first-order valence-electron chi connectivity index (χ1n) is 8.24. The van der Waals surface area contributed by atoms with Gasteiger partial charge in [-0.2, -0.15) is 4.31 Å². The number of rotatable bonds is 4. The van der Waals surface area contributed by atoms with Crippen LogP contribution in [0.15, 0.2) is 40.6 Å². The smallest absolute Gasteiger partial charge is 0.243 e. The Kier molecular flexibility index (Phi) is 5.27. The molecule has 0 N–H and O–H groups in total. The Morgan fingerprint density at radius 2 is 1.88 bits per heavy atom. The van der Waals surface area contributed by atoms with E-state index in [2.05, 4.69) is 13.0 Å². The van der Waals surface area contributed by atoms with Crippen LogP contribution in [0.1, 0.15) is 42.2 Å². The highest BCUT2D eigenvalue weighted by Gasteiger charge is 2.34. The van der Waals surface area contributed by atoms with Crippen molar-refractivity contribution in [3.63, 3.8) is 0 Å². The highest BCUT2D eigenvalue weighted by atomic mass is 32.2. The Bertz CT molecular complexity index is 781. The van der Waals surface area contributed by atoms with Gasteiger partial charge in [0.15, 0.2) is 0 Å². The van der Waals surface area contributed by atoms with Gasteiger partial charge in [0, 0.05) is 11.4 Å². The highest BCUT2D eigenvalue weighted by Crippen LogP contribution is 2.38. The molecular weight excluding hydrogens is 342 g/mol. The Labute approximate surface area is 148 Å². The monoisotopic (exact) mass is 365 g/mol. The minimum atomic E-state index is -3.52. The summed E-state index contributed by atoms with van der Waals surface area (Å²) in [5, 5.41) is 2.05. The topological polar surface area (TPSA) is 46.6 Å². The third kappa shape index (κ3) is 3.36. The number of nitrogens with zero attached hydrogens (tertiary/aromatic N) is 1. The molecule has 3 rings (SSSR count). The molecule has 0 aliphatic carbocycles. The molecule has 1 saturated heterocycles. The zero-order valence-corrected chi connectivity index (χ0v) is 15.7. The van der Waals surface area contributed by atoms with Crippen molar-refractivity contribution in [2.24, 2.45) is 0 Å². The van der Waals surface area contributed by atoms with Crippen LogP contribution in [0.2, 0.25) is 0 Å². The van der Waals surface area contributed by atoms with Crippen molar-refractivity contribution in [2.45, 2.75) is 43.5 Å². The largest absolute Gasteiger partial charge is 0.497 e. The number of methoxy groups -OCH3 is 1. The second kappa shape index (κ2) is 7.25. The van der Waals surface area contributed by atoms with Crippen LogP contribution in [0.3, 0.4) is 0 Å². The molecule has 0 unspecified atom stereocenters. The van der Waals surface area contributed by atoms with Crippen molar-refractivity contribution in [1.82, 2.24) is 4.31 Å². The number of benzene rings is 1. The molecule has 2 aromatic rings. The molecule has 1 fully saturated rings. The van der Waals surface area contributed by atoms with Crippen molar-refractivity contribution in [1.29, 1.82) is 0 Å². The van der Waals surface area contributed by atoms with Gasteiger partial charge in [0.25, 0.3) is 0 Å². The predicted octanol–water partition coefficient (Wildman–Crippen LogP) is 4.37. The summed E-state index contributed by atoms with van der Waals surface area (Å²) in [4.78, 5) is 1.51. The van der Waals surface area contributed by atoms with E-state index in [9.17, 15) is 8.42 Å². The quantitative estimate of drug-likeness (QED) is 0.808. The first-order chi connectivity index (χ1) is 11.5. The van der Waals surface area contributed by atoms with Crippen molar-refractivity contribution in [3.05, 3.63) is 46.2 Å². The molecule has 0 radical (unpaired) electrons. The third-order valence-corrected chi connectivity index (χ3v) is 7.62. The summed E-state index contributed by atoms with van der Waals surface area (Å²) in [6, 6.07) is 8.70. The van der Waals surface area contributed by atoms with E-state index in [0.717, 1.165) is 25.7 Å². The number of thiophene rings is 1. The van der Waals surface area contributed by atoms with Crippen LogP contribution in [0.5, 0.6) is 5.75 Å². The lowest BCUT2D eigenvalue weighted by molar-refractivity contribution is 0.332. The Morgan fingerprint density at radius 3 is 2.50 bits per heavy atom. The maximum atomic E-state index is 13.2. The summed E-state index contributed by atoms with van der Waals surface area (Å²) in [6.45, 7) is 2.64. The standard InChI is InChI=1S/C18H23NO3S2/c1-14-11-13-23-18(14)17-6-4-3-5-12-19(17)24(20,21)16-9-7-15(22-2)8-10-16/h7-11,13,17H,3-6,12H2,1-2H3/t17-/m1/s1. The van der Waals surface area contributed by atoms with Crippen molar-refractivity contribution >= 4 is 21.4 Å². The van der Waals surface area contributed by atoms with E-state index in [-0.39, 0.29) is 6.04 Å². The van der Waals surface area contributed by atoms with Crippen molar-refractivity contribution in [2.75, 3.05) is 13.7 Å². The van der Waals surface area contributed by atoms with Gasteiger partial charge in [0.2, 0.25) is 10.0 Å². The van der Waals surface area contributed by atoms with Gasteiger partial charge < -0.3 is 4.74 Å². The molecule has 1 atom stereocenters. The summed E-state index contributed by atoms with van der Waals surface area (Å²) in [6.07, 6.45) is 3.94. The molecule has 1 aromatic heterocycles. The van der Waals surface area contributed by atoms with Crippen LogP contribution in [-0.4, -0.2) is 26.4 Å². The molecule has 0 spiro atoms. The van der Waals surface area contributed by atoms with Crippen LogP contribution in [-0.2, 0) is 10.0 Å². The Hall–Kier alpha value is -1.37. The SMILES string of the molecule is COc1ccc(S(=O)(=O)N2CCCCC[C@@H]2c2sccc2C)cc1. The molecule has 4 nitrogen and oxygen atoms in total. The van der Waals surface area contributed by atoms with E-state index in [1.54, 1.807) is 47.0 Å². The second-order valence-corrected chi connectivity index (χ2v) is 8.96. The zero-order valence-electron chi connectivity index (χ0n) is 14.1. The van der Waals surface area contributed by atoms with Crippen LogP contribution >= 0.6 is 11.3 Å². The average molecular weight is 366 g/mol. The number of ether oxygens (including phenoxy) is 1. The molecule has 2 heterocycles. The Morgan fingerprint density at radius 1 is 1.12 bits per heavy atom. The maximum Gasteiger partial charge on any atom is 0.243 e. The predicted molar refractivity (Wildman–Crippen MR) is 97.2 cm³/mol.